The van der Waals surface area contributed by atoms with Crippen molar-refractivity contribution in [3.63, 3.8) is 0 Å². The molecule has 2 heterocycles. The smallest absolute Gasteiger partial charge is 0.335 e. The minimum atomic E-state index is -1.08. The highest BCUT2D eigenvalue weighted by Crippen LogP contribution is 2.28. The molecule has 1 aromatic heterocycles. The van der Waals surface area contributed by atoms with Crippen LogP contribution in [-0.2, 0) is 21.4 Å². The molecule has 0 spiro atoms. The van der Waals surface area contributed by atoms with Gasteiger partial charge in [0.15, 0.2) is 6.10 Å². The number of rotatable bonds is 2. The number of morpholine rings is 1. The lowest BCUT2D eigenvalue weighted by Crippen LogP contribution is -2.49. The molecule has 1 N–H and O–H groups in total. The summed E-state index contributed by atoms with van der Waals surface area (Å²) in [4.78, 5) is 24.0. The number of carboxylic acids is 1. The first kappa shape index (κ1) is 11.6. The van der Waals surface area contributed by atoms with Crippen LogP contribution >= 0.6 is 0 Å². The number of carboxylic acid groups (broad SMARTS) is 1. The fourth-order valence-corrected chi connectivity index (χ4v) is 1.91. The average Bonchev–Trinajstić information content (AvgIpc) is 2.68. The summed E-state index contributed by atoms with van der Waals surface area (Å²) >= 11 is 0. The summed E-state index contributed by atoms with van der Waals surface area (Å²) in [5, 5.41) is 13.1. The Kier molecular flexibility index (Phi) is 2.84. The van der Waals surface area contributed by atoms with Gasteiger partial charge in [-0.2, -0.15) is 5.10 Å². The third-order valence-electron chi connectivity index (χ3n) is 2.79. The zero-order valence-corrected chi connectivity index (χ0v) is 9.53. The molecule has 7 heteroatoms. The number of aromatic nitrogens is 2. The van der Waals surface area contributed by atoms with Crippen LogP contribution in [0.3, 0.4) is 0 Å². The Balaban J connectivity index is 2.36. The van der Waals surface area contributed by atoms with E-state index in [1.165, 1.54) is 4.90 Å². The van der Waals surface area contributed by atoms with Crippen molar-refractivity contribution < 1.29 is 19.4 Å². The van der Waals surface area contributed by atoms with Gasteiger partial charge >= 0.3 is 5.97 Å². The Morgan fingerprint density at radius 3 is 2.82 bits per heavy atom. The molecule has 0 saturated carbocycles. The molecule has 92 valence electrons. The number of hydrogen-bond donors (Lipinski definition) is 1. The fourth-order valence-electron chi connectivity index (χ4n) is 1.91. The van der Waals surface area contributed by atoms with E-state index in [1.807, 2.05) is 0 Å². The maximum absolute atomic E-state index is 11.5. The van der Waals surface area contributed by atoms with Crippen molar-refractivity contribution in [2.75, 3.05) is 13.7 Å². The molecule has 1 aromatic rings. The predicted octanol–water partition coefficient (Wildman–Crippen LogP) is -0.597. The summed E-state index contributed by atoms with van der Waals surface area (Å²) in [5.74, 6) is -1.32. The molecule has 1 fully saturated rings. The predicted molar refractivity (Wildman–Crippen MR) is 56.1 cm³/mol. The summed E-state index contributed by atoms with van der Waals surface area (Å²) in [5.41, 5.74) is 0.649. The topological polar surface area (TPSA) is 84.7 Å². The van der Waals surface area contributed by atoms with Crippen molar-refractivity contribution >= 4 is 11.9 Å². The van der Waals surface area contributed by atoms with Crippen molar-refractivity contribution in [3.8, 4) is 0 Å². The van der Waals surface area contributed by atoms with Crippen LogP contribution in [0, 0.1) is 0 Å². The Morgan fingerprint density at radius 1 is 1.59 bits per heavy atom. The molecule has 0 radical (unpaired) electrons. The number of carbonyl (C=O) groups is 2. The average molecular weight is 239 g/mol. The van der Waals surface area contributed by atoms with Crippen molar-refractivity contribution in [1.29, 1.82) is 0 Å². The van der Waals surface area contributed by atoms with Gasteiger partial charge < -0.3 is 14.7 Å². The second-order valence-corrected chi connectivity index (χ2v) is 3.97. The Labute approximate surface area is 97.6 Å². The minimum absolute atomic E-state index is 0.204. The number of amides is 1. The normalized spacial score (nSPS) is 25.1. The molecule has 1 saturated heterocycles. The molecule has 0 aromatic carbocycles. The largest absolute Gasteiger partial charge is 0.479 e. The van der Waals surface area contributed by atoms with Crippen LogP contribution in [0.15, 0.2) is 12.4 Å². The van der Waals surface area contributed by atoms with Gasteiger partial charge in [-0.25, -0.2) is 4.79 Å². The van der Waals surface area contributed by atoms with E-state index in [4.69, 9.17) is 9.84 Å². The third kappa shape index (κ3) is 2.01. The van der Waals surface area contributed by atoms with Crippen molar-refractivity contribution in [2.24, 2.45) is 7.05 Å². The van der Waals surface area contributed by atoms with Gasteiger partial charge in [-0.15, -0.1) is 0 Å². The standard InChI is InChI=1S/C10H13N3O4/c1-12-4-6(3-11-12)8-9(10(15)16)17-5-7(14)13(8)2/h3-4,8-9H,5H2,1-2H3,(H,15,16). The van der Waals surface area contributed by atoms with Gasteiger partial charge in [0.25, 0.3) is 0 Å². The van der Waals surface area contributed by atoms with Crippen LogP contribution in [0.5, 0.6) is 0 Å². The van der Waals surface area contributed by atoms with Gasteiger partial charge in [0.1, 0.15) is 6.61 Å². The molecule has 2 rings (SSSR count). The van der Waals surface area contributed by atoms with Crippen LogP contribution < -0.4 is 0 Å². The number of hydrogen-bond acceptors (Lipinski definition) is 4. The molecule has 7 nitrogen and oxygen atoms in total. The summed E-state index contributed by atoms with van der Waals surface area (Å²) < 4.78 is 6.63. The number of aryl methyl sites for hydroxylation is 1. The van der Waals surface area contributed by atoms with Gasteiger partial charge in [0.05, 0.1) is 12.2 Å². The van der Waals surface area contributed by atoms with Crippen LogP contribution in [0.1, 0.15) is 11.6 Å². The first-order valence-electron chi connectivity index (χ1n) is 5.09. The van der Waals surface area contributed by atoms with Gasteiger partial charge in [-0.05, 0) is 0 Å². The number of carbonyl (C=O) groups excluding carboxylic acids is 1. The van der Waals surface area contributed by atoms with E-state index in [1.54, 1.807) is 31.2 Å². The minimum Gasteiger partial charge on any atom is -0.479 e. The van der Waals surface area contributed by atoms with Crippen molar-refractivity contribution in [1.82, 2.24) is 14.7 Å². The molecule has 17 heavy (non-hydrogen) atoms. The van der Waals surface area contributed by atoms with E-state index >= 15 is 0 Å². The molecular weight excluding hydrogens is 226 g/mol. The second-order valence-electron chi connectivity index (χ2n) is 3.97. The lowest BCUT2D eigenvalue weighted by Gasteiger charge is -2.36. The van der Waals surface area contributed by atoms with Crippen LogP contribution in [0.25, 0.3) is 0 Å². The highest BCUT2D eigenvalue weighted by molar-refractivity contribution is 5.82. The molecule has 2 atom stereocenters. The number of nitrogens with zero attached hydrogens (tertiary/aromatic N) is 3. The quantitative estimate of drug-likeness (QED) is 0.745. The van der Waals surface area contributed by atoms with E-state index in [9.17, 15) is 9.59 Å². The second kappa shape index (κ2) is 4.17. The maximum Gasteiger partial charge on any atom is 0.335 e. The molecule has 1 amide bonds. The van der Waals surface area contributed by atoms with Crippen molar-refractivity contribution in [2.45, 2.75) is 12.1 Å². The highest BCUT2D eigenvalue weighted by atomic mass is 16.5. The lowest BCUT2D eigenvalue weighted by atomic mass is 10.0. The third-order valence-corrected chi connectivity index (χ3v) is 2.79. The fraction of sp³-hybridized carbons (Fsp3) is 0.500. The molecule has 2 unspecified atom stereocenters. The zero-order chi connectivity index (χ0) is 12.6. The summed E-state index contributed by atoms with van der Waals surface area (Å²) in [7, 11) is 3.29. The van der Waals surface area contributed by atoms with E-state index in [-0.39, 0.29) is 12.5 Å². The number of likely N-dealkylation sites (N-methyl/N-ethyl adjacent to an activating group) is 1. The van der Waals surface area contributed by atoms with Crippen LogP contribution in [0.4, 0.5) is 0 Å². The SMILES string of the molecule is CN1C(=O)COC(C(=O)O)C1c1cnn(C)c1. The van der Waals surface area contributed by atoms with Crippen LogP contribution in [0.2, 0.25) is 0 Å². The summed E-state index contributed by atoms with van der Waals surface area (Å²) in [6.45, 7) is -0.204. The molecule has 0 aliphatic carbocycles. The Hall–Kier alpha value is -1.89. The van der Waals surface area contributed by atoms with E-state index in [0.29, 0.717) is 5.56 Å². The van der Waals surface area contributed by atoms with E-state index in [2.05, 4.69) is 5.10 Å². The Bertz CT molecular complexity index is 456. The lowest BCUT2D eigenvalue weighted by molar-refractivity contribution is -0.171. The first-order valence-corrected chi connectivity index (χ1v) is 5.09. The van der Waals surface area contributed by atoms with Gasteiger partial charge in [0, 0.05) is 25.9 Å². The summed E-state index contributed by atoms with van der Waals surface area (Å²) in [6, 6.07) is -0.637. The molecular formula is C10H13N3O4. The maximum atomic E-state index is 11.5. The number of aliphatic carboxylic acids is 1. The number of ether oxygens (including phenoxy) is 1. The van der Waals surface area contributed by atoms with Gasteiger partial charge in [-0.1, -0.05) is 0 Å². The first-order chi connectivity index (χ1) is 8.00. The van der Waals surface area contributed by atoms with Gasteiger partial charge in [0.2, 0.25) is 5.91 Å². The van der Waals surface area contributed by atoms with Crippen LogP contribution in [-0.4, -0.2) is 51.4 Å². The molecule has 1 aliphatic heterocycles. The van der Waals surface area contributed by atoms with Gasteiger partial charge in [-0.3, -0.25) is 9.48 Å². The Morgan fingerprint density at radius 2 is 2.29 bits per heavy atom. The summed E-state index contributed by atoms with van der Waals surface area (Å²) in [6.07, 6.45) is 2.17. The monoisotopic (exact) mass is 239 g/mol. The van der Waals surface area contributed by atoms with E-state index < -0.39 is 18.1 Å². The van der Waals surface area contributed by atoms with E-state index in [0.717, 1.165) is 0 Å². The zero-order valence-electron chi connectivity index (χ0n) is 9.53. The molecule has 0 bridgehead atoms. The molecule has 1 aliphatic rings. The van der Waals surface area contributed by atoms with Crippen molar-refractivity contribution in [3.05, 3.63) is 18.0 Å². The highest BCUT2D eigenvalue weighted by Gasteiger charge is 2.40.